The average Bonchev–Trinajstić information content (AvgIpc) is 2.68. The molecule has 3 rings (SSSR count). The van der Waals surface area contributed by atoms with Gasteiger partial charge in [-0.2, -0.15) is 0 Å². The SMILES string of the molecule is O=C(O)c1ccc2c(c1)C(c1c(F)cc(F)cc1F)=CCCO2. The Morgan fingerprint density at radius 1 is 1.09 bits per heavy atom. The Kier molecular flexibility index (Phi) is 3.82. The van der Waals surface area contributed by atoms with Gasteiger partial charge in [0, 0.05) is 24.1 Å². The molecule has 0 saturated carbocycles. The minimum absolute atomic E-state index is 0.0388. The van der Waals surface area contributed by atoms with Crippen LogP contribution < -0.4 is 4.74 Å². The summed E-state index contributed by atoms with van der Waals surface area (Å²) in [7, 11) is 0. The highest BCUT2D eigenvalue weighted by Gasteiger charge is 2.22. The van der Waals surface area contributed by atoms with Gasteiger partial charge in [-0.3, -0.25) is 0 Å². The number of fused-ring (bicyclic) bond motifs is 1. The second kappa shape index (κ2) is 5.79. The number of carboxylic acid groups (broad SMARTS) is 1. The maximum atomic E-state index is 14.1. The van der Waals surface area contributed by atoms with Crippen molar-refractivity contribution in [2.45, 2.75) is 6.42 Å². The first kappa shape index (κ1) is 15.1. The van der Waals surface area contributed by atoms with Crippen molar-refractivity contribution in [2.75, 3.05) is 6.61 Å². The first-order chi connectivity index (χ1) is 11.0. The number of benzene rings is 2. The van der Waals surface area contributed by atoms with Crippen LogP contribution in [-0.4, -0.2) is 17.7 Å². The van der Waals surface area contributed by atoms with Crippen LogP contribution in [0.4, 0.5) is 13.2 Å². The van der Waals surface area contributed by atoms with Gasteiger partial charge in [0.25, 0.3) is 0 Å². The molecule has 0 fully saturated rings. The van der Waals surface area contributed by atoms with Crippen LogP contribution >= 0.6 is 0 Å². The van der Waals surface area contributed by atoms with E-state index in [0.29, 0.717) is 24.3 Å². The Morgan fingerprint density at radius 3 is 2.43 bits per heavy atom. The highest BCUT2D eigenvalue weighted by molar-refractivity contribution is 5.92. The van der Waals surface area contributed by atoms with Crippen molar-refractivity contribution >= 4 is 11.5 Å². The number of halogens is 3. The minimum Gasteiger partial charge on any atom is -0.493 e. The summed E-state index contributed by atoms with van der Waals surface area (Å²) in [5, 5.41) is 9.10. The van der Waals surface area contributed by atoms with Crippen molar-refractivity contribution in [2.24, 2.45) is 0 Å². The van der Waals surface area contributed by atoms with Gasteiger partial charge >= 0.3 is 5.97 Å². The van der Waals surface area contributed by atoms with Crippen LogP contribution in [0.25, 0.3) is 5.57 Å². The van der Waals surface area contributed by atoms with Gasteiger partial charge in [-0.05, 0) is 23.8 Å². The molecule has 0 unspecified atom stereocenters. The highest BCUT2D eigenvalue weighted by atomic mass is 19.1. The lowest BCUT2D eigenvalue weighted by Crippen LogP contribution is -2.02. The van der Waals surface area contributed by atoms with E-state index < -0.39 is 29.0 Å². The normalized spacial score (nSPS) is 13.6. The molecule has 2 aromatic carbocycles. The molecule has 0 saturated heterocycles. The predicted molar refractivity (Wildman–Crippen MR) is 76.9 cm³/mol. The molecule has 0 aromatic heterocycles. The second-order valence-corrected chi connectivity index (χ2v) is 5.02. The Balaban J connectivity index is 2.24. The smallest absolute Gasteiger partial charge is 0.335 e. The molecule has 0 spiro atoms. The van der Waals surface area contributed by atoms with Gasteiger partial charge in [-0.25, -0.2) is 18.0 Å². The molecule has 1 heterocycles. The molecule has 118 valence electrons. The maximum Gasteiger partial charge on any atom is 0.335 e. The summed E-state index contributed by atoms with van der Waals surface area (Å²) in [6.07, 6.45) is 1.93. The molecule has 1 aliphatic rings. The lowest BCUT2D eigenvalue weighted by molar-refractivity contribution is 0.0697. The van der Waals surface area contributed by atoms with Crippen molar-refractivity contribution in [1.82, 2.24) is 0 Å². The molecule has 0 atom stereocenters. The third-order valence-electron chi connectivity index (χ3n) is 3.52. The van der Waals surface area contributed by atoms with Crippen molar-refractivity contribution in [3.63, 3.8) is 0 Å². The van der Waals surface area contributed by atoms with E-state index in [0.717, 1.165) is 0 Å². The van der Waals surface area contributed by atoms with Crippen LogP contribution in [-0.2, 0) is 0 Å². The van der Waals surface area contributed by atoms with E-state index in [-0.39, 0.29) is 23.3 Å². The summed E-state index contributed by atoms with van der Waals surface area (Å²) in [6, 6.07) is 5.26. The van der Waals surface area contributed by atoms with E-state index >= 15 is 0 Å². The summed E-state index contributed by atoms with van der Waals surface area (Å²) >= 11 is 0. The minimum atomic E-state index is -1.17. The van der Waals surface area contributed by atoms with E-state index in [4.69, 9.17) is 9.84 Å². The Hall–Kier alpha value is -2.76. The molecule has 6 heteroatoms. The number of aromatic carboxylic acids is 1. The fourth-order valence-electron chi connectivity index (χ4n) is 2.52. The highest BCUT2D eigenvalue weighted by Crippen LogP contribution is 2.36. The third kappa shape index (κ3) is 2.79. The topological polar surface area (TPSA) is 46.5 Å². The largest absolute Gasteiger partial charge is 0.493 e. The molecule has 23 heavy (non-hydrogen) atoms. The van der Waals surface area contributed by atoms with Gasteiger partial charge < -0.3 is 9.84 Å². The Bertz CT molecular complexity index is 805. The first-order valence-corrected chi connectivity index (χ1v) is 6.83. The molecule has 3 nitrogen and oxygen atoms in total. The van der Waals surface area contributed by atoms with Crippen LogP contribution in [0.15, 0.2) is 36.4 Å². The van der Waals surface area contributed by atoms with Crippen molar-refractivity contribution in [3.8, 4) is 5.75 Å². The standard InChI is InChI=1S/C17H11F3O3/c18-10-7-13(19)16(14(20)8-10)11-2-1-5-23-15-4-3-9(17(21)22)6-12(11)15/h2-4,6-8H,1,5H2,(H,21,22). The predicted octanol–water partition coefficient (Wildman–Crippen LogP) is 4.02. The van der Waals surface area contributed by atoms with Crippen LogP contribution in [0.2, 0.25) is 0 Å². The zero-order chi connectivity index (χ0) is 16.6. The number of carbonyl (C=O) groups is 1. The third-order valence-corrected chi connectivity index (χ3v) is 3.52. The zero-order valence-electron chi connectivity index (χ0n) is 11.8. The molecule has 0 aliphatic carbocycles. The average molecular weight is 320 g/mol. The van der Waals surface area contributed by atoms with E-state index in [2.05, 4.69) is 0 Å². The summed E-state index contributed by atoms with van der Waals surface area (Å²) in [6.45, 7) is 0.285. The van der Waals surface area contributed by atoms with E-state index in [1.807, 2.05) is 0 Å². The molecule has 1 N–H and O–H groups in total. The monoisotopic (exact) mass is 320 g/mol. The Labute approximate surface area is 129 Å². The molecular formula is C17H11F3O3. The Morgan fingerprint density at radius 2 is 1.78 bits per heavy atom. The quantitative estimate of drug-likeness (QED) is 0.909. The van der Waals surface area contributed by atoms with Gasteiger partial charge in [0.15, 0.2) is 0 Å². The molecule has 2 aromatic rings. The number of rotatable bonds is 2. The van der Waals surface area contributed by atoms with Gasteiger partial charge in [-0.1, -0.05) is 6.08 Å². The molecule has 0 radical (unpaired) electrons. The number of ether oxygens (including phenoxy) is 1. The fraction of sp³-hybridized carbons (Fsp3) is 0.118. The van der Waals surface area contributed by atoms with E-state index in [1.54, 1.807) is 6.08 Å². The zero-order valence-corrected chi connectivity index (χ0v) is 11.8. The molecule has 0 amide bonds. The van der Waals surface area contributed by atoms with E-state index in [1.165, 1.54) is 18.2 Å². The van der Waals surface area contributed by atoms with Gasteiger partial charge in [0.1, 0.15) is 23.2 Å². The van der Waals surface area contributed by atoms with Crippen LogP contribution in [0, 0.1) is 17.5 Å². The van der Waals surface area contributed by atoms with Crippen molar-refractivity contribution in [1.29, 1.82) is 0 Å². The number of hydrogen-bond donors (Lipinski definition) is 1. The van der Waals surface area contributed by atoms with Gasteiger partial charge in [0.05, 0.1) is 17.7 Å². The summed E-state index contributed by atoms with van der Waals surface area (Å²) in [4.78, 5) is 11.1. The van der Waals surface area contributed by atoms with Crippen molar-refractivity contribution in [3.05, 3.63) is 70.5 Å². The van der Waals surface area contributed by atoms with Gasteiger partial charge in [-0.15, -0.1) is 0 Å². The first-order valence-electron chi connectivity index (χ1n) is 6.83. The molecule has 1 aliphatic heterocycles. The maximum absolute atomic E-state index is 14.1. The molecule has 0 bridgehead atoms. The van der Waals surface area contributed by atoms with Crippen LogP contribution in [0.5, 0.6) is 5.75 Å². The lowest BCUT2D eigenvalue weighted by Gasteiger charge is -2.13. The second-order valence-electron chi connectivity index (χ2n) is 5.02. The fourth-order valence-corrected chi connectivity index (χ4v) is 2.52. The number of hydrogen-bond acceptors (Lipinski definition) is 2. The molecular weight excluding hydrogens is 309 g/mol. The van der Waals surface area contributed by atoms with Gasteiger partial charge in [0.2, 0.25) is 0 Å². The summed E-state index contributed by atoms with van der Waals surface area (Å²) in [5.74, 6) is -3.98. The number of carboxylic acids is 1. The summed E-state index contributed by atoms with van der Waals surface area (Å²) < 4.78 is 46.8. The van der Waals surface area contributed by atoms with Crippen molar-refractivity contribution < 1.29 is 27.8 Å². The van der Waals surface area contributed by atoms with E-state index in [9.17, 15) is 18.0 Å². The summed E-state index contributed by atoms with van der Waals surface area (Å²) in [5.41, 5.74) is -0.0359. The van der Waals surface area contributed by atoms with Crippen LogP contribution in [0.3, 0.4) is 0 Å². The lowest BCUT2D eigenvalue weighted by atomic mass is 9.94. The van der Waals surface area contributed by atoms with Crippen LogP contribution in [0.1, 0.15) is 27.9 Å².